The number of rotatable bonds is 4. The first-order chi connectivity index (χ1) is 7.10. The number of benzene rings is 1. The molecule has 0 radical (unpaired) electrons. The van der Waals surface area contributed by atoms with Gasteiger partial charge in [0.05, 0.1) is 6.10 Å². The van der Waals surface area contributed by atoms with Gasteiger partial charge in [-0.1, -0.05) is 35.0 Å². The van der Waals surface area contributed by atoms with E-state index in [-0.39, 0.29) is 0 Å². The molecule has 15 heavy (non-hydrogen) atoms. The van der Waals surface area contributed by atoms with Crippen molar-refractivity contribution in [2.45, 2.75) is 25.6 Å². The third-order valence-corrected chi connectivity index (χ3v) is 3.06. The van der Waals surface area contributed by atoms with Crippen LogP contribution in [-0.2, 0) is 6.42 Å². The summed E-state index contributed by atoms with van der Waals surface area (Å²) in [6, 6.07) is 5.52. The molecule has 0 saturated carbocycles. The van der Waals surface area contributed by atoms with Gasteiger partial charge in [-0.15, -0.1) is 0 Å². The maximum absolute atomic E-state index is 9.83. The SMILES string of the molecule is CCc1ccc(N)c(C(O)C(O)CBr)c1. The maximum Gasteiger partial charge on any atom is 0.108 e. The fourth-order valence-electron chi connectivity index (χ4n) is 1.39. The van der Waals surface area contributed by atoms with Gasteiger partial charge in [-0.3, -0.25) is 0 Å². The van der Waals surface area contributed by atoms with Crippen LogP contribution in [0.5, 0.6) is 0 Å². The molecule has 0 fully saturated rings. The van der Waals surface area contributed by atoms with Crippen LogP contribution in [0.3, 0.4) is 0 Å². The maximum atomic E-state index is 9.83. The summed E-state index contributed by atoms with van der Waals surface area (Å²) in [5.74, 6) is 0. The summed E-state index contributed by atoms with van der Waals surface area (Å²) < 4.78 is 0. The molecule has 0 aliphatic carbocycles. The third kappa shape index (κ3) is 2.93. The molecule has 0 aliphatic heterocycles. The van der Waals surface area contributed by atoms with Gasteiger partial charge in [0.25, 0.3) is 0 Å². The number of aliphatic hydroxyl groups is 2. The highest BCUT2D eigenvalue weighted by molar-refractivity contribution is 9.09. The quantitative estimate of drug-likeness (QED) is 0.577. The standard InChI is InChI=1S/C11H16BrNO2/c1-2-7-3-4-9(13)8(5-7)11(15)10(14)6-12/h3-5,10-11,14-15H,2,6,13H2,1H3. The number of alkyl halides is 1. The number of aryl methyl sites for hydroxylation is 1. The Balaban J connectivity index is 3.01. The third-order valence-electron chi connectivity index (χ3n) is 2.40. The minimum Gasteiger partial charge on any atom is -0.398 e. The van der Waals surface area contributed by atoms with Crippen molar-refractivity contribution in [1.82, 2.24) is 0 Å². The molecule has 0 heterocycles. The zero-order valence-corrected chi connectivity index (χ0v) is 10.2. The molecule has 84 valence electrons. The summed E-state index contributed by atoms with van der Waals surface area (Å²) in [6.45, 7) is 2.03. The number of hydrogen-bond donors (Lipinski definition) is 3. The molecule has 0 aliphatic rings. The molecule has 3 nitrogen and oxygen atoms in total. The van der Waals surface area contributed by atoms with Crippen molar-refractivity contribution in [2.24, 2.45) is 0 Å². The molecule has 4 N–H and O–H groups in total. The van der Waals surface area contributed by atoms with Crippen LogP contribution in [0, 0.1) is 0 Å². The monoisotopic (exact) mass is 273 g/mol. The van der Waals surface area contributed by atoms with E-state index in [0.29, 0.717) is 16.6 Å². The van der Waals surface area contributed by atoms with Gasteiger partial charge in [0, 0.05) is 16.6 Å². The van der Waals surface area contributed by atoms with E-state index in [4.69, 9.17) is 5.73 Å². The minimum absolute atomic E-state index is 0.323. The van der Waals surface area contributed by atoms with Gasteiger partial charge in [-0.25, -0.2) is 0 Å². The Morgan fingerprint density at radius 2 is 2.07 bits per heavy atom. The van der Waals surface area contributed by atoms with Crippen LogP contribution in [0.4, 0.5) is 5.69 Å². The highest BCUT2D eigenvalue weighted by atomic mass is 79.9. The average Bonchev–Trinajstić information content (AvgIpc) is 2.27. The Labute approximate surface area is 98.1 Å². The van der Waals surface area contributed by atoms with Gasteiger partial charge in [0.15, 0.2) is 0 Å². The highest BCUT2D eigenvalue weighted by Gasteiger charge is 2.19. The molecular weight excluding hydrogens is 258 g/mol. The van der Waals surface area contributed by atoms with Crippen LogP contribution in [-0.4, -0.2) is 21.6 Å². The summed E-state index contributed by atoms with van der Waals surface area (Å²) in [5, 5.41) is 19.7. The molecule has 1 aromatic rings. The Bertz CT molecular complexity index is 330. The molecular formula is C11H16BrNO2. The Hall–Kier alpha value is -0.580. The molecule has 0 aromatic heterocycles. The van der Waals surface area contributed by atoms with Gasteiger partial charge < -0.3 is 15.9 Å². The summed E-state index contributed by atoms with van der Waals surface area (Å²) in [7, 11) is 0. The molecule has 0 spiro atoms. The highest BCUT2D eigenvalue weighted by Crippen LogP contribution is 2.25. The number of nitrogen functional groups attached to an aromatic ring is 1. The molecule has 2 atom stereocenters. The van der Waals surface area contributed by atoms with Gasteiger partial charge in [0.1, 0.15) is 6.10 Å². The lowest BCUT2D eigenvalue weighted by molar-refractivity contribution is 0.0347. The van der Waals surface area contributed by atoms with Crippen molar-refractivity contribution >= 4 is 21.6 Å². The number of hydrogen-bond acceptors (Lipinski definition) is 3. The molecule has 1 aromatic carbocycles. The second-order valence-corrected chi connectivity index (χ2v) is 4.13. The first-order valence-electron chi connectivity index (χ1n) is 4.90. The molecule has 0 bridgehead atoms. The number of nitrogens with two attached hydrogens (primary N) is 1. The summed E-state index contributed by atoms with van der Waals surface area (Å²) in [6.07, 6.45) is -0.889. The van der Waals surface area contributed by atoms with Crippen LogP contribution < -0.4 is 5.73 Å². The molecule has 4 heteroatoms. The number of anilines is 1. The van der Waals surface area contributed by atoms with Gasteiger partial charge in [-0.05, 0) is 18.1 Å². The first-order valence-corrected chi connectivity index (χ1v) is 6.02. The molecule has 2 unspecified atom stereocenters. The van der Waals surface area contributed by atoms with Crippen molar-refractivity contribution in [3.8, 4) is 0 Å². The van der Waals surface area contributed by atoms with Gasteiger partial charge in [0.2, 0.25) is 0 Å². The fraction of sp³-hybridized carbons (Fsp3) is 0.455. The lowest BCUT2D eigenvalue weighted by Gasteiger charge is -2.18. The van der Waals surface area contributed by atoms with Crippen LogP contribution >= 0.6 is 15.9 Å². The van der Waals surface area contributed by atoms with E-state index >= 15 is 0 Å². The van der Waals surface area contributed by atoms with Crippen LogP contribution in [0.25, 0.3) is 0 Å². The summed E-state index contributed by atoms with van der Waals surface area (Å²) >= 11 is 3.12. The lowest BCUT2D eigenvalue weighted by Crippen LogP contribution is -2.20. The van der Waals surface area contributed by atoms with E-state index in [1.165, 1.54) is 0 Å². The first kappa shape index (κ1) is 12.5. The summed E-state index contributed by atoms with van der Waals surface area (Å²) in [5.41, 5.74) is 7.96. The van der Waals surface area contributed by atoms with E-state index in [0.717, 1.165) is 12.0 Å². The topological polar surface area (TPSA) is 66.5 Å². The van der Waals surface area contributed by atoms with Crippen molar-refractivity contribution in [3.63, 3.8) is 0 Å². The largest absolute Gasteiger partial charge is 0.398 e. The number of halogens is 1. The minimum atomic E-state index is -0.934. The van der Waals surface area contributed by atoms with Crippen molar-refractivity contribution in [1.29, 1.82) is 0 Å². The van der Waals surface area contributed by atoms with E-state index in [1.807, 2.05) is 19.1 Å². The summed E-state index contributed by atoms with van der Waals surface area (Å²) in [4.78, 5) is 0. The molecule has 1 rings (SSSR count). The fourth-order valence-corrected chi connectivity index (χ4v) is 1.75. The second kappa shape index (κ2) is 5.49. The van der Waals surface area contributed by atoms with E-state index in [2.05, 4.69) is 15.9 Å². The van der Waals surface area contributed by atoms with Crippen LogP contribution in [0.15, 0.2) is 18.2 Å². The predicted molar refractivity (Wildman–Crippen MR) is 65.0 cm³/mol. The van der Waals surface area contributed by atoms with E-state index in [1.54, 1.807) is 6.07 Å². The Kier molecular flexibility index (Phi) is 4.57. The Morgan fingerprint density at radius 3 is 2.60 bits per heavy atom. The van der Waals surface area contributed by atoms with Crippen LogP contribution in [0.1, 0.15) is 24.2 Å². The van der Waals surface area contributed by atoms with Crippen molar-refractivity contribution < 1.29 is 10.2 Å². The smallest absolute Gasteiger partial charge is 0.108 e. The van der Waals surface area contributed by atoms with Crippen LogP contribution in [0.2, 0.25) is 0 Å². The Morgan fingerprint density at radius 1 is 1.40 bits per heavy atom. The van der Waals surface area contributed by atoms with E-state index in [9.17, 15) is 10.2 Å². The van der Waals surface area contributed by atoms with Crippen molar-refractivity contribution in [2.75, 3.05) is 11.1 Å². The molecule has 0 amide bonds. The van der Waals surface area contributed by atoms with Crippen molar-refractivity contribution in [3.05, 3.63) is 29.3 Å². The predicted octanol–water partition coefficient (Wildman–Crippen LogP) is 1.62. The van der Waals surface area contributed by atoms with E-state index < -0.39 is 12.2 Å². The lowest BCUT2D eigenvalue weighted by atomic mass is 10.00. The normalized spacial score (nSPS) is 14.9. The average molecular weight is 274 g/mol. The zero-order chi connectivity index (χ0) is 11.4. The second-order valence-electron chi connectivity index (χ2n) is 3.48. The number of aliphatic hydroxyl groups excluding tert-OH is 2. The van der Waals surface area contributed by atoms with Gasteiger partial charge in [-0.2, -0.15) is 0 Å². The molecule has 0 saturated heterocycles. The van der Waals surface area contributed by atoms with Gasteiger partial charge >= 0.3 is 0 Å². The zero-order valence-electron chi connectivity index (χ0n) is 8.65.